The average Bonchev–Trinajstić information content (AvgIpc) is 3.38. The number of nitrogens with zero attached hydrogens (tertiary/aromatic N) is 1. The first-order valence-electron chi connectivity index (χ1n) is 10.1. The topological polar surface area (TPSA) is 93.2 Å². The molecule has 0 saturated heterocycles. The van der Waals surface area contributed by atoms with E-state index in [1.54, 1.807) is 43.7 Å². The van der Waals surface area contributed by atoms with Crippen LogP contribution in [-0.4, -0.2) is 21.2 Å². The summed E-state index contributed by atoms with van der Waals surface area (Å²) in [6.45, 7) is 7.34. The molecule has 0 bridgehead atoms. The monoisotopic (exact) mass is 445 g/mol. The molecule has 2 N–H and O–H groups in total. The zero-order valence-electron chi connectivity index (χ0n) is 17.8. The van der Waals surface area contributed by atoms with E-state index in [4.69, 9.17) is 4.74 Å². The molecule has 1 fully saturated rings. The first-order valence-corrected chi connectivity index (χ1v) is 11.0. The lowest BCUT2D eigenvalue weighted by Gasteiger charge is -2.19. The Kier molecular flexibility index (Phi) is 5.25. The van der Waals surface area contributed by atoms with Crippen molar-refractivity contribution in [2.24, 2.45) is 0 Å². The van der Waals surface area contributed by atoms with Crippen molar-refractivity contribution in [2.75, 3.05) is 0 Å². The van der Waals surface area contributed by atoms with Gasteiger partial charge in [0.1, 0.15) is 11.4 Å². The van der Waals surface area contributed by atoms with Gasteiger partial charge in [0.05, 0.1) is 17.4 Å². The first-order chi connectivity index (χ1) is 14.5. The van der Waals surface area contributed by atoms with E-state index in [1.165, 1.54) is 17.4 Å². The van der Waals surface area contributed by atoms with E-state index in [-0.39, 0.29) is 18.0 Å². The molecule has 3 aromatic rings. The van der Waals surface area contributed by atoms with Gasteiger partial charge < -0.3 is 10.1 Å². The predicted octanol–water partition coefficient (Wildman–Crippen LogP) is 4.23. The number of rotatable bonds is 4. The quantitative estimate of drug-likeness (QED) is 0.629. The van der Waals surface area contributed by atoms with E-state index in [0.717, 1.165) is 17.7 Å². The fourth-order valence-electron chi connectivity index (χ4n) is 3.69. The molecule has 0 aliphatic heterocycles. The van der Waals surface area contributed by atoms with Gasteiger partial charge >= 0.3 is 11.8 Å². The molecule has 1 aromatic carbocycles. The molecule has 2 aromatic heterocycles. The molecule has 1 amide bonds. The summed E-state index contributed by atoms with van der Waals surface area (Å²) in [4.78, 5) is 39.8. The zero-order chi connectivity index (χ0) is 22.5. The van der Waals surface area contributed by atoms with Crippen LogP contribution in [0.25, 0.3) is 22.0 Å². The molecule has 1 aliphatic rings. The molecule has 0 unspecified atom stereocenters. The molecule has 1 aliphatic carbocycles. The summed E-state index contributed by atoms with van der Waals surface area (Å²) in [5.74, 6) is -0.527. The average molecular weight is 446 g/mol. The van der Waals surface area contributed by atoms with E-state index in [0.29, 0.717) is 22.2 Å². The minimum atomic E-state index is -0.592. The highest BCUT2D eigenvalue weighted by Crippen LogP contribution is 2.39. The van der Waals surface area contributed by atoms with E-state index < -0.39 is 28.8 Å². The number of benzene rings is 1. The van der Waals surface area contributed by atoms with E-state index in [9.17, 15) is 14.4 Å². The van der Waals surface area contributed by atoms with Crippen LogP contribution in [0.5, 0.6) is 0 Å². The predicted molar refractivity (Wildman–Crippen MR) is 118 cm³/mol. The molecule has 0 spiro atoms. The van der Waals surface area contributed by atoms with Crippen LogP contribution in [0.3, 0.4) is 0 Å². The van der Waals surface area contributed by atoms with Crippen molar-refractivity contribution in [3.63, 3.8) is 0 Å². The summed E-state index contributed by atoms with van der Waals surface area (Å²) < 4.78 is 21.9. The number of aromatic amines is 1. The van der Waals surface area contributed by atoms with Gasteiger partial charge in [-0.3, -0.25) is 14.3 Å². The highest BCUT2D eigenvalue weighted by atomic mass is 32.1. The number of hydrogen-bond donors (Lipinski definition) is 2. The molecule has 0 atom stereocenters. The number of fused-ring (bicyclic) bond motifs is 1. The summed E-state index contributed by atoms with van der Waals surface area (Å²) in [6.07, 6.45) is 1.18. The van der Waals surface area contributed by atoms with Crippen molar-refractivity contribution in [1.82, 2.24) is 14.9 Å². The lowest BCUT2D eigenvalue weighted by atomic mass is 9.99. The summed E-state index contributed by atoms with van der Waals surface area (Å²) in [6, 6.07) is 3.02. The van der Waals surface area contributed by atoms with E-state index in [1.807, 2.05) is 0 Å². The fraction of sp³-hybridized carbons (Fsp3) is 0.409. The number of H-pyrrole nitrogens is 1. The van der Waals surface area contributed by atoms with Gasteiger partial charge in [0.25, 0.3) is 5.56 Å². The fourth-order valence-corrected chi connectivity index (χ4v) is 4.50. The molecular formula is C22H24FN3O4S. The number of carbonyl (C=O) groups excluding carboxylic acids is 1. The van der Waals surface area contributed by atoms with Crippen LogP contribution in [0.1, 0.15) is 50.1 Å². The third kappa shape index (κ3) is 4.27. The number of alkyl carbamates (subject to hydrolysis) is 1. The second kappa shape index (κ2) is 7.64. The van der Waals surface area contributed by atoms with Gasteiger partial charge in [0, 0.05) is 16.5 Å². The number of halogens is 1. The van der Waals surface area contributed by atoms with Gasteiger partial charge in [-0.2, -0.15) is 0 Å². The van der Waals surface area contributed by atoms with Crippen molar-refractivity contribution in [1.29, 1.82) is 0 Å². The molecule has 0 radical (unpaired) electrons. The van der Waals surface area contributed by atoms with Crippen LogP contribution in [0.4, 0.5) is 9.18 Å². The third-order valence-corrected chi connectivity index (χ3v) is 6.02. The second-order valence-electron chi connectivity index (χ2n) is 8.77. The maximum atomic E-state index is 15.1. The van der Waals surface area contributed by atoms with E-state index in [2.05, 4.69) is 10.3 Å². The Labute approximate surface area is 181 Å². The maximum absolute atomic E-state index is 15.1. The standard InChI is InChI=1S/C22H24FN3O4S/c1-11-17(12-7-14(31-10-12)9-24-21(29)30-22(2,3)4)16(23)8-15-18(11)26(13-5-6-13)20(28)25-19(15)27/h7-8,10,13H,5-6,9H2,1-4H3,(H,24,29)(H,25,27,28). The Morgan fingerprint density at radius 2 is 2.03 bits per heavy atom. The van der Waals surface area contributed by atoms with Gasteiger partial charge in [0.2, 0.25) is 0 Å². The van der Waals surface area contributed by atoms with Crippen LogP contribution >= 0.6 is 11.3 Å². The van der Waals surface area contributed by atoms with Crippen molar-refractivity contribution in [3.05, 3.63) is 54.6 Å². The SMILES string of the molecule is Cc1c(-c2csc(CNC(=O)OC(C)(C)C)c2)c(F)cc2c(=O)[nH]c(=O)n(C3CC3)c12. The number of aromatic nitrogens is 2. The lowest BCUT2D eigenvalue weighted by molar-refractivity contribution is 0.0524. The number of aryl methyl sites for hydroxylation is 1. The van der Waals surface area contributed by atoms with Crippen LogP contribution < -0.4 is 16.6 Å². The Hall–Kier alpha value is -2.94. The molecular weight excluding hydrogens is 421 g/mol. The maximum Gasteiger partial charge on any atom is 0.407 e. The number of carbonyl (C=O) groups is 1. The summed E-state index contributed by atoms with van der Waals surface area (Å²) in [5.41, 5.74) is 0.378. The number of thiophene rings is 1. The Bertz CT molecular complexity index is 1300. The molecule has 2 heterocycles. The van der Waals surface area contributed by atoms with Crippen molar-refractivity contribution in [2.45, 2.75) is 58.7 Å². The van der Waals surface area contributed by atoms with Crippen LogP contribution in [-0.2, 0) is 11.3 Å². The molecule has 31 heavy (non-hydrogen) atoms. The van der Waals surface area contributed by atoms with Gasteiger partial charge in [0.15, 0.2) is 0 Å². The number of nitrogens with one attached hydrogen (secondary N) is 2. The molecule has 9 heteroatoms. The van der Waals surface area contributed by atoms with Crippen molar-refractivity contribution < 1.29 is 13.9 Å². The highest BCUT2D eigenvalue weighted by molar-refractivity contribution is 7.10. The van der Waals surface area contributed by atoms with Crippen LogP contribution in [0.15, 0.2) is 27.1 Å². The summed E-state index contributed by atoms with van der Waals surface area (Å²) in [5, 5.41) is 4.67. The molecule has 1 saturated carbocycles. The van der Waals surface area contributed by atoms with Gasteiger partial charge in [-0.05, 0) is 69.2 Å². The molecule has 164 valence electrons. The van der Waals surface area contributed by atoms with Crippen LogP contribution in [0.2, 0.25) is 0 Å². The van der Waals surface area contributed by atoms with Crippen LogP contribution in [0, 0.1) is 12.7 Å². The van der Waals surface area contributed by atoms with Gasteiger partial charge in [-0.15, -0.1) is 11.3 Å². The van der Waals surface area contributed by atoms with Crippen molar-refractivity contribution in [3.8, 4) is 11.1 Å². The molecule has 4 rings (SSSR count). The Balaban J connectivity index is 1.71. The van der Waals surface area contributed by atoms with Gasteiger partial charge in [-0.25, -0.2) is 14.0 Å². The second-order valence-corrected chi connectivity index (χ2v) is 9.77. The number of amides is 1. The van der Waals surface area contributed by atoms with E-state index >= 15 is 4.39 Å². The third-order valence-electron chi connectivity index (χ3n) is 5.08. The Morgan fingerprint density at radius 1 is 1.32 bits per heavy atom. The molecule has 7 nitrogen and oxygen atoms in total. The normalized spacial score (nSPS) is 14.1. The largest absolute Gasteiger partial charge is 0.444 e. The summed E-state index contributed by atoms with van der Waals surface area (Å²) in [7, 11) is 0. The minimum absolute atomic E-state index is 0.0277. The number of ether oxygens (including phenoxy) is 1. The number of hydrogen-bond acceptors (Lipinski definition) is 5. The summed E-state index contributed by atoms with van der Waals surface area (Å²) >= 11 is 1.38. The highest BCUT2D eigenvalue weighted by Gasteiger charge is 2.29. The first kappa shape index (κ1) is 21.3. The smallest absolute Gasteiger partial charge is 0.407 e. The lowest BCUT2D eigenvalue weighted by Crippen LogP contribution is -2.31. The van der Waals surface area contributed by atoms with Crippen molar-refractivity contribution >= 4 is 28.3 Å². The minimum Gasteiger partial charge on any atom is -0.444 e. The van der Waals surface area contributed by atoms with Gasteiger partial charge in [-0.1, -0.05) is 0 Å². The zero-order valence-corrected chi connectivity index (χ0v) is 18.6. The Morgan fingerprint density at radius 3 is 2.68 bits per heavy atom.